The van der Waals surface area contributed by atoms with Crippen molar-refractivity contribution in [2.75, 3.05) is 37.3 Å². The number of aromatic nitrogens is 1. The largest absolute Gasteiger partial charge is 0.345 e. The van der Waals surface area contributed by atoms with Crippen LogP contribution in [0.4, 0.5) is 5.13 Å². The number of piperazine rings is 1. The molecule has 0 atom stereocenters. The summed E-state index contributed by atoms with van der Waals surface area (Å²) in [6.45, 7) is 2.32. The molecule has 1 aromatic carbocycles. The molecule has 132 valence electrons. The summed E-state index contributed by atoms with van der Waals surface area (Å²) >= 11 is 4.67. The van der Waals surface area contributed by atoms with Crippen LogP contribution in [0.2, 0.25) is 0 Å². The van der Waals surface area contributed by atoms with Gasteiger partial charge in [0.15, 0.2) is 5.13 Å². The van der Waals surface area contributed by atoms with E-state index in [2.05, 4.69) is 29.4 Å². The number of hydrogen-bond donors (Lipinski definition) is 0. The van der Waals surface area contributed by atoms with E-state index in [1.54, 1.807) is 44.9 Å². The second-order valence-electron chi connectivity index (χ2n) is 5.65. The first-order valence-electron chi connectivity index (χ1n) is 7.81. The Hall–Kier alpha value is -1.13. The number of sulfonamides is 1. The Balaban J connectivity index is 1.50. The Morgan fingerprint density at radius 2 is 1.96 bits per heavy atom. The Bertz CT molecular complexity index is 974. The average molecular weight is 412 g/mol. The maximum Gasteiger partial charge on any atom is 0.252 e. The summed E-state index contributed by atoms with van der Waals surface area (Å²) in [6, 6.07) is 9.75. The topological polar surface area (TPSA) is 53.5 Å². The van der Waals surface area contributed by atoms with E-state index < -0.39 is 10.0 Å². The standard InChI is InChI=1S/C16H17N3O2S4/c1-22-12-4-5-13-14(11-12)24-16(17-13)18-6-8-19(9-7-18)25(20,21)15-3-2-10-23-15/h2-5,10-11H,6-9H2,1H3. The third-order valence-corrected chi connectivity index (χ3v) is 9.26. The van der Waals surface area contributed by atoms with Crippen molar-refractivity contribution in [1.29, 1.82) is 0 Å². The molecule has 0 bridgehead atoms. The van der Waals surface area contributed by atoms with E-state index in [1.165, 1.54) is 20.9 Å². The Morgan fingerprint density at radius 3 is 2.64 bits per heavy atom. The fourth-order valence-electron chi connectivity index (χ4n) is 2.81. The lowest BCUT2D eigenvalue weighted by Gasteiger charge is -2.33. The molecule has 25 heavy (non-hydrogen) atoms. The minimum Gasteiger partial charge on any atom is -0.345 e. The van der Waals surface area contributed by atoms with E-state index in [1.807, 2.05) is 0 Å². The van der Waals surface area contributed by atoms with Gasteiger partial charge in [-0.15, -0.1) is 23.1 Å². The minimum absolute atomic E-state index is 0.422. The van der Waals surface area contributed by atoms with Gasteiger partial charge >= 0.3 is 0 Å². The predicted octanol–water partition coefficient (Wildman–Crippen LogP) is 3.59. The summed E-state index contributed by atoms with van der Waals surface area (Å²) in [5.41, 5.74) is 1.01. The summed E-state index contributed by atoms with van der Waals surface area (Å²) in [4.78, 5) is 8.13. The summed E-state index contributed by atoms with van der Waals surface area (Å²) in [6.07, 6.45) is 2.07. The van der Waals surface area contributed by atoms with Gasteiger partial charge in [0.2, 0.25) is 0 Å². The molecular formula is C16H17N3O2S4. The lowest BCUT2D eigenvalue weighted by atomic mass is 10.3. The second-order valence-corrected chi connectivity index (χ2v) is 10.7. The van der Waals surface area contributed by atoms with Crippen molar-refractivity contribution in [3.63, 3.8) is 0 Å². The number of nitrogens with zero attached hydrogens (tertiary/aromatic N) is 3. The highest BCUT2D eigenvalue weighted by Gasteiger charge is 2.30. The molecule has 0 N–H and O–H groups in total. The molecule has 1 aliphatic heterocycles. The molecule has 0 aliphatic carbocycles. The summed E-state index contributed by atoms with van der Waals surface area (Å²) in [7, 11) is -3.35. The molecule has 3 aromatic rings. The van der Waals surface area contributed by atoms with Crippen LogP contribution in [0.15, 0.2) is 44.8 Å². The van der Waals surface area contributed by atoms with Crippen LogP contribution in [0.3, 0.4) is 0 Å². The van der Waals surface area contributed by atoms with Crippen LogP contribution in [-0.2, 0) is 10.0 Å². The molecule has 0 saturated carbocycles. The van der Waals surface area contributed by atoms with Gasteiger partial charge in [-0.25, -0.2) is 13.4 Å². The van der Waals surface area contributed by atoms with Crippen molar-refractivity contribution in [3.8, 4) is 0 Å². The van der Waals surface area contributed by atoms with Crippen molar-refractivity contribution in [1.82, 2.24) is 9.29 Å². The monoisotopic (exact) mass is 411 g/mol. The number of rotatable bonds is 4. The van der Waals surface area contributed by atoms with Gasteiger partial charge < -0.3 is 4.90 Å². The van der Waals surface area contributed by atoms with Gasteiger partial charge in [0.25, 0.3) is 10.0 Å². The van der Waals surface area contributed by atoms with E-state index >= 15 is 0 Å². The Kier molecular flexibility index (Phi) is 4.76. The number of thiazole rings is 1. The maximum absolute atomic E-state index is 12.6. The van der Waals surface area contributed by atoms with Gasteiger partial charge in [-0.1, -0.05) is 17.4 Å². The molecule has 0 spiro atoms. The summed E-state index contributed by atoms with van der Waals surface area (Å²) in [5.74, 6) is 0. The fourth-order valence-corrected chi connectivity index (χ4v) is 6.95. The molecule has 2 aromatic heterocycles. The van der Waals surface area contributed by atoms with Crippen LogP contribution in [0.5, 0.6) is 0 Å². The van der Waals surface area contributed by atoms with Crippen LogP contribution in [0.1, 0.15) is 0 Å². The molecule has 0 amide bonds. The van der Waals surface area contributed by atoms with Gasteiger partial charge in [0, 0.05) is 31.1 Å². The summed E-state index contributed by atoms with van der Waals surface area (Å²) < 4.78 is 28.4. The summed E-state index contributed by atoms with van der Waals surface area (Å²) in [5, 5.41) is 2.77. The molecular weight excluding hydrogens is 394 g/mol. The molecule has 1 saturated heterocycles. The lowest BCUT2D eigenvalue weighted by molar-refractivity contribution is 0.386. The highest BCUT2D eigenvalue weighted by Crippen LogP contribution is 2.32. The highest BCUT2D eigenvalue weighted by atomic mass is 32.2. The van der Waals surface area contributed by atoms with Gasteiger partial charge in [-0.3, -0.25) is 0 Å². The van der Waals surface area contributed by atoms with Crippen LogP contribution < -0.4 is 4.90 Å². The predicted molar refractivity (Wildman–Crippen MR) is 107 cm³/mol. The number of thioether (sulfide) groups is 1. The van der Waals surface area contributed by atoms with E-state index in [9.17, 15) is 8.42 Å². The molecule has 1 aliphatic rings. The molecule has 4 rings (SSSR count). The van der Waals surface area contributed by atoms with Crippen LogP contribution in [-0.4, -0.2) is 50.1 Å². The molecule has 0 radical (unpaired) electrons. The first-order chi connectivity index (χ1) is 12.1. The van der Waals surface area contributed by atoms with Gasteiger partial charge in [-0.2, -0.15) is 4.31 Å². The SMILES string of the molecule is CSc1ccc2nc(N3CCN(S(=O)(=O)c4cccs4)CC3)sc2c1. The van der Waals surface area contributed by atoms with Crippen LogP contribution in [0, 0.1) is 0 Å². The number of fused-ring (bicyclic) bond motifs is 1. The molecule has 3 heterocycles. The average Bonchev–Trinajstić information content (AvgIpc) is 3.31. The third-order valence-electron chi connectivity index (χ3n) is 4.18. The zero-order valence-corrected chi connectivity index (χ0v) is 16.8. The smallest absolute Gasteiger partial charge is 0.252 e. The zero-order valence-electron chi connectivity index (χ0n) is 13.6. The number of hydrogen-bond acceptors (Lipinski definition) is 7. The minimum atomic E-state index is -3.35. The Labute approximate surface area is 159 Å². The van der Waals surface area contributed by atoms with Crippen molar-refractivity contribution in [2.45, 2.75) is 9.10 Å². The quantitative estimate of drug-likeness (QED) is 0.614. The first kappa shape index (κ1) is 17.3. The van der Waals surface area contributed by atoms with Crippen LogP contribution in [0.25, 0.3) is 10.2 Å². The molecule has 0 unspecified atom stereocenters. The van der Waals surface area contributed by atoms with Gasteiger partial charge in [0.1, 0.15) is 4.21 Å². The maximum atomic E-state index is 12.6. The van der Waals surface area contributed by atoms with E-state index in [0.29, 0.717) is 30.4 Å². The molecule has 1 fully saturated rings. The van der Waals surface area contributed by atoms with E-state index in [0.717, 1.165) is 10.6 Å². The highest BCUT2D eigenvalue weighted by molar-refractivity contribution is 7.98. The van der Waals surface area contributed by atoms with E-state index in [-0.39, 0.29) is 0 Å². The zero-order chi connectivity index (χ0) is 17.4. The third kappa shape index (κ3) is 3.31. The first-order valence-corrected chi connectivity index (χ1v) is 12.2. The van der Waals surface area contributed by atoms with Gasteiger partial charge in [-0.05, 0) is 35.9 Å². The lowest BCUT2D eigenvalue weighted by Crippen LogP contribution is -2.48. The number of anilines is 1. The van der Waals surface area contributed by atoms with Crippen molar-refractivity contribution in [3.05, 3.63) is 35.7 Å². The van der Waals surface area contributed by atoms with Crippen LogP contribution >= 0.6 is 34.4 Å². The second kappa shape index (κ2) is 6.88. The van der Waals surface area contributed by atoms with Crippen molar-refractivity contribution >= 4 is 59.8 Å². The fraction of sp³-hybridized carbons (Fsp3) is 0.312. The van der Waals surface area contributed by atoms with Crippen molar-refractivity contribution < 1.29 is 8.42 Å². The number of benzene rings is 1. The Morgan fingerprint density at radius 1 is 1.16 bits per heavy atom. The number of thiophene rings is 1. The molecule has 9 heteroatoms. The normalized spacial score (nSPS) is 16.6. The molecule has 5 nitrogen and oxygen atoms in total. The van der Waals surface area contributed by atoms with Crippen molar-refractivity contribution in [2.24, 2.45) is 0 Å². The van der Waals surface area contributed by atoms with E-state index in [4.69, 9.17) is 4.98 Å². The van der Waals surface area contributed by atoms with Gasteiger partial charge in [0.05, 0.1) is 10.2 Å².